The molecule has 2 N–H and O–H groups in total. The molecule has 0 fully saturated rings. The average molecular weight is 261 g/mol. The predicted octanol–water partition coefficient (Wildman–Crippen LogP) is 4.03. The first kappa shape index (κ1) is 17.4. The molecule has 0 aromatic rings. The molecule has 0 aromatic heterocycles. The highest BCUT2D eigenvalue weighted by molar-refractivity contribution is 5.98. The molecule has 0 unspecified atom stereocenters. The smallest absolute Gasteiger partial charge is 0.0605 e. The maximum absolute atomic E-state index is 5.66. The van der Waals surface area contributed by atoms with Crippen LogP contribution in [0.15, 0.2) is 45.7 Å². The number of rotatable bonds is 9. The minimum absolute atomic E-state index is 0.716. The second-order valence-electron chi connectivity index (χ2n) is 4.40. The molecular formula is C16H27N3. The fourth-order valence-corrected chi connectivity index (χ4v) is 1.60. The first-order valence-corrected chi connectivity index (χ1v) is 6.92. The minimum Gasteiger partial charge on any atom is -0.404 e. The van der Waals surface area contributed by atoms with E-state index in [4.69, 9.17) is 5.73 Å². The SMILES string of the molecule is C=N/C=C\C=C(/CC)CN=C(C)/C(=C/N)CCCC. The van der Waals surface area contributed by atoms with Crippen LogP contribution >= 0.6 is 0 Å². The van der Waals surface area contributed by atoms with Gasteiger partial charge in [0.25, 0.3) is 0 Å². The molecule has 19 heavy (non-hydrogen) atoms. The van der Waals surface area contributed by atoms with E-state index in [0.29, 0.717) is 6.54 Å². The van der Waals surface area contributed by atoms with Crippen LogP contribution in [0.25, 0.3) is 0 Å². The van der Waals surface area contributed by atoms with Gasteiger partial charge < -0.3 is 5.73 Å². The maximum Gasteiger partial charge on any atom is 0.0605 e. The van der Waals surface area contributed by atoms with E-state index >= 15 is 0 Å². The van der Waals surface area contributed by atoms with Gasteiger partial charge in [0.05, 0.1) is 6.54 Å². The number of hydrogen-bond acceptors (Lipinski definition) is 3. The van der Waals surface area contributed by atoms with E-state index in [1.54, 1.807) is 12.4 Å². The van der Waals surface area contributed by atoms with Crippen molar-refractivity contribution in [2.45, 2.75) is 46.5 Å². The number of nitrogens with two attached hydrogens (primary N) is 1. The van der Waals surface area contributed by atoms with Crippen molar-refractivity contribution in [3.05, 3.63) is 35.7 Å². The van der Waals surface area contributed by atoms with E-state index in [1.165, 1.54) is 12.0 Å². The van der Waals surface area contributed by atoms with Crippen LogP contribution in [0.3, 0.4) is 0 Å². The summed E-state index contributed by atoms with van der Waals surface area (Å²) >= 11 is 0. The van der Waals surface area contributed by atoms with Gasteiger partial charge in [-0.05, 0) is 56.3 Å². The van der Waals surface area contributed by atoms with Crippen LogP contribution in [-0.4, -0.2) is 19.0 Å². The number of aliphatic imine (C=N–C) groups is 2. The summed E-state index contributed by atoms with van der Waals surface area (Å²) in [5.41, 5.74) is 9.13. The molecule has 3 heteroatoms. The summed E-state index contributed by atoms with van der Waals surface area (Å²) in [4.78, 5) is 8.29. The van der Waals surface area contributed by atoms with Crippen molar-refractivity contribution in [1.82, 2.24) is 0 Å². The molecule has 0 aliphatic carbocycles. The predicted molar refractivity (Wildman–Crippen MR) is 86.8 cm³/mol. The first-order valence-electron chi connectivity index (χ1n) is 6.92. The largest absolute Gasteiger partial charge is 0.404 e. The summed E-state index contributed by atoms with van der Waals surface area (Å²) in [7, 11) is 0. The molecule has 106 valence electrons. The molecular weight excluding hydrogens is 234 g/mol. The van der Waals surface area contributed by atoms with Gasteiger partial charge in [-0.1, -0.05) is 26.3 Å². The van der Waals surface area contributed by atoms with E-state index in [0.717, 1.165) is 30.5 Å². The quantitative estimate of drug-likeness (QED) is 0.494. The van der Waals surface area contributed by atoms with E-state index in [1.807, 2.05) is 19.1 Å². The van der Waals surface area contributed by atoms with Crippen molar-refractivity contribution in [3.63, 3.8) is 0 Å². The summed E-state index contributed by atoms with van der Waals surface area (Å²) in [5.74, 6) is 0. The number of allylic oxidation sites excluding steroid dienone is 3. The monoisotopic (exact) mass is 261 g/mol. The second-order valence-corrected chi connectivity index (χ2v) is 4.40. The highest BCUT2D eigenvalue weighted by atomic mass is 14.7. The Morgan fingerprint density at radius 2 is 2.05 bits per heavy atom. The van der Waals surface area contributed by atoms with Gasteiger partial charge in [-0.25, -0.2) is 0 Å². The van der Waals surface area contributed by atoms with Gasteiger partial charge >= 0.3 is 0 Å². The minimum atomic E-state index is 0.716. The van der Waals surface area contributed by atoms with Gasteiger partial charge in [0.2, 0.25) is 0 Å². The Morgan fingerprint density at radius 3 is 2.58 bits per heavy atom. The molecule has 0 saturated carbocycles. The standard InChI is InChI=1S/C16H27N3/c1-5-7-10-16(12-17)14(3)19-13-15(6-2)9-8-11-18-4/h8-9,11-12H,4-7,10,13,17H2,1-3H3/b11-8-,15-9+,16-12+,19-14?. The Hall–Kier alpha value is -1.64. The van der Waals surface area contributed by atoms with Crippen molar-refractivity contribution in [2.24, 2.45) is 15.7 Å². The molecule has 0 aromatic carbocycles. The van der Waals surface area contributed by atoms with Gasteiger partial charge in [0.15, 0.2) is 0 Å². The lowest BCUT2D eigenvalue weighted by Gasteiger charge is -2.06. The molecule has 0 radical (unpaired) electrons. The van der Waals surface area contributed by atoms with Crippen molar-refractivity contribution >= 4 is 12.4 Å². The zero-order valence-corrected chi connectivity index (χ0v) is 12.5. The number of nitrogens with zero attached hydrogens (tertiary/aromatic N) is 2. The molecule has 0 aliphatic heterocycles. The molecule has 0 aliphatic rings. The average Bonchev–Trinajstić information content (AvgIpc) is 2.43. The van der Waals surface area contributed by atoms with Crippen molar-refractivity contribution in [3.8, 4) is 0 Å². The lowest BCUT2D eigenvalue weighted by Crippen LogP contribution is -2.03. The highest BCUT2D eigenvalue weighted by Gasteiger charge is 2.01. The fraction of sp³-hybridized carbons (Fsp3) is 0.500. The zero-order valence-electron chi connectivity index (χ0n) is 12.5. The lowest BCUT2D eigenvalue weighted by atomic mass is 10.1. The van der Waals surface area contributed by atoms with Gasteiger partial charge in [-0.2, -0.15) is 0 Å². The van der Waals surface area contributed by atoms with E-state index in [9.17, 15) is 0 Å². The fourth-order valence-electron chi connectivity index (χ4n) is 1.60. The normalized spacial score (nSPS) is 14.2. The van der Waals surface area contributed by atoms with E-state index < -0.39 is 0 Å². The zero-order chi connectivity index (χ0) is 14.5. The van der Waals surface area contributed by atoms with Crippen LogP contribution in [0.5, 0.6) is 0 Å². The number of unbranched alkanes of at least 4 members (excludes halogenated alkanes) is 1. The van der Waals surface area contributed by atoms with E-state index in [-0.39, 0.29) is 0 Å². The summed E-state index contributed by atoms with van der Waals surface area (Å²) in [6.07, 6.45) is 11.6. The van der Waals surface area contributed by atoms with Gasteiger partial charge in [0, 0.05) is 11.9 Å². The summed E-state index contributed by atoms with van der Waals surface area (Å²) in [6.45, 7) is 10.5. The van der Waals surface area contributed by atoms with Gasteiger partial charge in [-0.3, -0.25) is 9.98 Å². The van der Waals surface area contributed by atoms with Gasteiger partial charge in [-0.15, -0.1) is 0 Å². The van der Waals surface area contributed by atoms with Crippen LogP contribution in [0, 0.1) is 0 Å². The van der Waals surface area contributed by atoms with Crippen molar-refractivity contribution in [1.29, 1.82) is 0 Å². The third-order valence-electron chi connectivity index (χ3n) is 2.96. The topological polar surface area (TPSA) is 50.7 Å². The highest BCUT2D eigenvalue weighted by Crippen LogP contribution is 2.10. The third kappa shape index (κ3) is 8.14. The summed E-state index contributed by atoms with van der Waals surface area (Å²) in [5, 5.41) is 0. The molecule has 0 spiro atoms. The van der Waals surface area contributed by atoms with Crippen LogP contribution < -0.4 is 5.73 Å². The summed E-state index contributed by atoms with van der Waals surface area (Å²) in [6, 6.07) is 0. The molecule has 0 amide bonds. The molecule has 0 saturated heterocycles. The lowest BCUT2D eigenvalue weighted by molar-refractivity contribution is 0.800. The van der Waals surface area contributed by atoms with Crippen LogP contribution in [-0.2, 0) is 0 Å². The first-order chi connectivity index (χ1) is 9.19. The third-order valence-corrected chi connectivity index (χ3v) is 2.96. The van der Waals surface area contributed by atoms with E-state index in [2.05, 4.69) is 30.5 Å². The molecule has 0 atom stereocenters. The van der Waals surface area contributed by atoms with Crippen LogP contribution in [0.1, 0.15) is 46.5 Å². The molecule has 0 heterocycles. The Kier molecular flexibility index (Phi) is 10.5. The van der Waals surface area contributed by atoms with Crippen LogP contribution in [0.2, 0.25) is 0 Å². The number of hydrogen-bond donors (Lipinski definition) is 1. The van der Waals surface area contributed by atoms with Crippen LogP contribution in [0.4, 0.5) is 0 Å². The Labute approximate surface area is 117 Å². The van der Waals surface area contributed by atoms with Crippen molar-refractivity contribution < 1.29 is 0 Å². The summed E-state index contributed by atoms with van der Waals surface area (Å²) < 4.78 is 0. The Balaban J connectivity index is 4.61. The Morgan fingerprint density at radius 1 is 1.32 bits per heavy atom. The molecule has 3 nitrogen and oxygen atoms in total. The molecule has 0 bridgehead atoms. The Bertz CT molecular complexity index is 373. The second kappa shape index (κ2) is 11.5. The maximum atomic E-state index is 5.66. The van der Waals surface area contributed by atoms with Gasteiger partial charge in [0.1, 0.15) is 0 Å². The molecule has 0 rings (SSSR count). The van der Waals surface area contributed by atoms with Crippen molar-refractivity contribution in [2.75, 3.05) is 6.54 Å².